The molecule has 1 aliphatic heterocycles. The highest BCUT2D eigenvalue weighted by Gasteiger charge is 2.34. The molecule has 2 heterocycles. The number of aromatic nitrogens is 1. The lowest BCUT2D eigenvalue weighted by Crippen LogP contribution is -2.44. The predicted molar refractivity (Wildman–Crippen MR) is 143 cm³/mol. The predicted octanol–water partition coefficient (Wildman–Crippen LogP) is 6.26. The Kier molecular flexibility index (Phi) is 8.48. The molecule has 41 heavy (non-hydrogen) atoms. The van der Waals surface area contributed by atoms with Crippen LogP contribution in [0.4, 0.5) is 27.6 Å². The highest BCUT2D eigenvalue weighted by atomic mass is 19.4. The summed E-state index contributed by atoms with van der Waals surface area (Å²) in [5.74, 6) is -0.0933. The third-order valence-electron chi connectivity index (χ3n) is 7.20. The molecule has 2 aromatic carbocycles. The Morgan fingerprint density at radius 1 is 1.05 bits per heavy atom. The number of ether oxygens (including phenoxy) is 2. The Morgan fingerprint density at radius 2 is 1.85 bits per heavy atom. The number of carbonyl (C=O) groups is 1. The molecule has 0 bridgehead atoms. The number of halogens is 5. The maximum absolute atomic E-state index is 13.5. The first kappa shape index (κ1) is 28.8. The summed E-state index contributed by atoms with van der Waals surface area (Å²) in [6.45, 7) is -0.289. The summed E-state index contributed by atoms with van der Waals surface area (Å²) in [5.41, 5.74) is 0.802. The smallest absolute Gasteiger partial charge is 0.433 e. The molecular formula is C29H31F5N4O3. The highest BCUT2D eigenvalue weighted by molar-refractivity contribution is 5.95. The maximum atomic E-state index is 13.5. The van der Waals surface area contributed by atoms with Crippen LogP contribution in [0.3, 0.4) is 0 Å². The third kappa shape index (κ3) is 7.55. The Balaban J connectivity index is 1.25. The summed E-state index contributed by atoms with van der Waals surface area (Å²) in [7, 11) is 0. The summed E-state index contributed by atoms with van der Waals surface area (Å²) in [5, 5.41) is 10.1. The van der Waals surface area contributed by atoms with Crippen molar-refractivity contribution in [3.63, 3.8) is 0 Å². The zero-order valence-electron chi connectivity index (χ0n) is 22.4. The van der Waals surface area contributed by atoms with Crippen molar-refractivity contribution >= 4 is 22.5 Å². The van der Waals surface area contributed by atoms with Gasteiger partial charge in [-0.05, 0) is 87.9 Å². The van der Waals surface area contributed by atoms with Crippen LogP contribution in [0.5, 0.6) is 11.5 Å². The Bertz CT molecular complexity index is 1400. The van der Waals surface area contributed by atoms with Gasteiger partial charge >= 0.3 is 12.8 Å². The second-order valence-corrected chi connectivity index (χ2v) is 10.6. The van der Waals surface area contributed by atoms with Crippen LogP contribution < -0.4 is 25.4 Å². The lowest BCUT2D eigenvalue weighted by Gasteiger charge is -2.21. The topological polar surface area (TPSA) is 84.5 Å². The molecule has 0 radical (unpaired) electrons. The van der Waals surface area contributed by atoms with Gasteiger partial charge in [-0.2, -0.15) is 22.0 Å². The van der Waals surface area contributed by atoms with E-state index in [2.05, 4.69) is 25.7 Å². The van der Waals surface area contributed by atoms with E-state index < -0.39 is 30.6 Å². The summed E-state index contributed by atoms with van der Waals surface area (Å²) < 4.78 is 76.4. The molecule has 1 amide bonds. The zero-order valence-corrected chi connectivity index (χ0v) is 22.4. The average molecular weight is 579 g/mol. The maximum Gasteiger partial charge on any atom is 0.433 e. The molecular weight excluding hydrogens is 547 g/mol. The van der Waals surface area contributed by atoms with Crippen molar-refractivity contribution in [1.82, 2.24) is 15.6 Å². The fraction of sp³-hybridized carbons (Fsp3) is 0.448. The monoisotopic (exact) mass is 578 g/mol. The molecule has 12 heteroatoms. The molecule has 2 atom stereocenters. The molecule has 1 aromatic heterocycles. The van der Waals surface area contributed by atoms with E-state index in [4.69, 9.17) is 4.74 Å². The van der Waals surface area contributed by atoms with Gasteiger partial charge in [0.25, 0.3) is 5.91 Å². The van der Waals surface area contributed by atoms with Gasteiger partial charge < -0.3 is 20.1 Å². The number of hydrogen-bond acceptors (Lipinski definition) is 6. The van der Waals surface area contributed by atoms with Crippen molar-refractivity contribution in [2.75, 3.05) is 18.5 Å². The second kappa shape index (κ2) is 12.1. The molecule has 3 N–H and O–H groups in total. The quantitative estimate of drug-likeness (QED) is 0.260. The van der Waals surface area contributed by atoms with Crippen LogP contribution in [-0.4, -0.2) is 42.9 Å². The van der Waals surface area contributed by atoms with Crippen molar-refractivity contribution < 1.29 is 36.2 Å². The number of fused-ring (bicyclic) bond motifs is 1. The van der Waals surface area contributed by atoms with Crippen molar-refractivity contribution in [3.8, 4) is 11.5 Å². The van der Waals surface area contributed by atoms with Gasteiger partial charge in [-0.25, -0.2) is 4.98 Å². The van der Waals surface area contributed by atoms with Gasteiger partial charge in [0, 0.05) is 22.7 Å². The number of hydrogen-bond donors (Lipinski definition) is 3. The number of alkyl halides is 5. The van der Waals surface area contributed by atoms with E-state index in [9.17, 15) is 26.7 Å². The van der Waals surface area contributed by atoms with Gasteiger partial charge in [0.1, 0.15) is 5.69 Å². The van der Waals surface area contributed by atoms with E-state index in [1.807, 2.05) is 13.0 Å². The van der Waals surface area contributed by atoms with Gasteiger partial charge in [0.05, 0.1) is 18.3 Å². The van der Waals surface area contributed by atoms with Gasteiger partial charge in [-0.15, -0.1) is 0 Å². The van der Waals surface area contributed by atoms with Crippen molar-refractivity contribution in [3.05, 3.63) is 59.3 Å². The number of nitrogens with one attached hydrogen (secondary N) is 3. The minimum atomic E-state index is -4.58. The van der Waals surface area contributed by atoms with Crippen LogP contribution in [0.25, 0.3) is 10.9 Å². The van der Waals surface area contributed by atoms with Crippen LogP contribution in [0.1, 0.15) is 53.7 Å². The van der Waals surface area contributed by atoms with Crippen LogP contribution in [0.2, 0.25) is 0 Å². The van der Waals surface area contributed by atoms with Crippen LogP contribution in [0, 0.1) is 12.8 Å². The molecule has 1 saturated heterocycles. The first-order valence-corrected chi connectivity index (χ1v) is 13.6. The minimum absolute atomic E-state index is 0.0842. The molecule has 1 saturated carbocycles. The Morgan fingerprint density at radius 3 is 2.59 bits per heavy atom. The molecule has 2 fully saturated rings. The van der Waals surface area contributed by atoms with E-state index >= 15 is 0 Å². The summed E-state index contributed by atoms with van der Waals surface area (Å²) >= 11 is 0. The van der Waals surface area contributed by atoms with Crippen LogP contribution in [-0.2, 0) is 6.18 Å². The molecule has 0 spiro atoms. The fourth-order valence-electron chi connectivity index (χ4n) is 4.83. The lowest BCUT2D eigenvalue weighted by atomic mass is 10.1. The molecule has 7 nitrogen and oxygen atoms in total. The van der Waals surface area contributed by atoms with Gasteiger partial charge in [0.15, 0.2) is 11.5 Å². The third-order valence-corrected chi connectivity index (χ3v) is 7.20. The van der Waals surface area contributed by atoms with Crippen LogP contribution >= 0.6 is 0 Å². The largest absolute Gasteiger partial charge is 0.489 e. The Hall–Kier alpha value is -3.67. The number of aryl methyl sites for hydroxylation is 1. The number of amides is 1. The Labute approximate surface area is 233 Å². The van der Waals surface area contributed by atoms with Crippen LogP contribution in [0.15, 0.2) is 42.5 Å². The van der Waals surface area contributed by atoms with Gasteiger partial charge in [0.2, 0.25) is 0 Å². The van der Waals surface area contributed by atoms with Crippen molar-refractivity contribution in [1.29, 1.82) is 0 Å². The van der Waals surface area contributed by atoms with E-state index in [1.54, 1.807) is 12.1 Å². The summed E-state index contributed by atoms with van der Waals surface area (Å²) in [4.78, 5) is 16.8. The number of pyridine rings is 1. The zero-order chi connectivity index (χ0) is 29.1. The number of rotatable bonds is 9. The first-order valence-electron chi connectivity index (χ1n) is 13.6. The molecule has 5 rings (SSSR count). The minimum Gasteiger partial charge on any atom is -0.489 e. The summed E-state index contributed by atoms with van der Waals surface area (Å²) in [6, 6.07) is 10.1. The van der Waals surface area contributed by atoms with E-state index in [0.29, 0.717) is 49.4 Å². The van der Waals surface area contributed by atoms with E-state index in [-0.39, 0.29) is 28.6 Å². The molecule has 220 valence electrons. The van der Waals surface area contributed by atoms with E-state index in [0.717, 1.165) is 24.5 Å². The van der Waals surface area contributed by atoms with Crippen molar-refractivity contribution in [2.45, 2.75) is 64.0 Å². The van der Waals surface area contributed by atoms with Gasteiger partial charge in [-0.1, -0.05) is 11.6 Å². The highest BCUT2D eigenvalue weighted by Crippen LogP contribution is 2.35. The van der Waals surface area contributed by atoms with Gasteiger partial charge in [-0.3, -0.25) is 10.1 Å². The molecule has 2 aliphatic rings. The normalized spacial score (nSPS) is 19.6. The van der Waals surface area contributed by atoms with E-state index in [1.165, 1.54) is 18.2 Å². The molecule has 2 unspecified atom stereocenters. The second-order valence-electron chi connectivity index (χ2n) is 10.6. The summed E-state index contributed by atoms with van der Waals surface area (Å²) in [6.07, 6.45) is -1.26. The number of anilines is 1. The van der Waals surface area contributed by atoms with Crippen molar-refractivity contribution in [2.24, 2.45) is 5.92 Å². The lowest BCUT2D eigenvalue weighted by molar-refractivity contribution is -0.140. The molecule has 3 aromatic rings. The first-order chi connectivity index (χ1) is 19.5. The molecule has 1 aliphatic carbocycles. The number of nitrogens with zero attached hydrogens (tertiary/aromatic N) is 1. The average Bonchev–Trinajstić information content (AvgIpc) is 3.76. The standard InChI is InChI=1S/C29H31F5N4O3/c1-16-2-7-21-20(12-16)22(14-25(37-21)29(32,33)34)36-19-6-9-26(35-11-10-19)38-27(39)18-5-8-23(41-28(30)31)24(13-18)40-15-17-3-4-17/h2,5,7-8,12-14,17,19,26,28,35H,3-4,6,9-11,15H2,1H3,(H,36,37)(H,38,39). The number of carbonyl (C=O) groups excluding carboxylic acids is 1. The number of benzene rings is 2. The fourth-order valence-corrected chi connectivity index (χ4v) is 4.83. The SMILES string of the molecule is Cc1ccc2nc(C(F)(F)F)cc(NC3CCNC(NC(=O)c4ccc(OC(F)F)c(OCC5CC5)c4)CC3)c2c1.